The van der Waals surface area contributed by atoms with Gasteiger partial charge in [-0.25, -0.2) is 0 Å². The third-order valence-corrected chi connectivity index (χ3v) is 7.83. The molecule has 4 rings (SSSR count). The summed E-state index contributed by atoms with van der Waals surface area (Å²) in [5.41, 5.74) is 2.25. The number of benzene rings is 4. The van der Waals surface area contributed by atoms with Crippen molar-refractivity contribution in [3.63, 3.8) is 0 Å². The molecule has 4 aromatic carbocycles. The summed E-state index contributed by atoms with van der Waals surface area (Å²) >= 11 is 13.7. The Morgan fingerprint density at radius 2 is 1.63 bits per heavy atom. The lowest BCUT2D eigenvalue weighted by Crippen LogP contribution is -2.30. The minimum absolute atomic E-state index is 0.0466. The van der Waals surface area contributed by atoms with Crippen LogP contribution in [0.15, 0.2) is 102 Å². The Labute approximate surface area is 261 Å². The van der Waals surface area contributed by atoms with Crippen LogP contribution in [0.3, 0.4) is 0 Å². The molecule has 0 aliphatic heterocycles. The fourth-order valence-corrected chi connectivity index (χ4v) is 4.86. The van der Waals surface area contributed by atoms with Crippen molar-refractivity contribution in [2.75, 3.05) is 16.4 Å². The molecular weight excluding hydrogens is 611 g/mol. The van der Waals surface area contributed by atoms with Gasteiger partial charge in [-0.1, -0.05) is 53.5 Å². The number of anilines is 2. The molecule has 0 spiro atoms. The van der Waals surface area contributed by atoms with Crippen LogP contribution in [0.25, 0.3) is 6.08 Å². The molecule has 0 unspecified atom stereocenters. The normalized spacial score (nSPS) is 11.0. The van der Waals surface area contributed by atoms with E-state index in [4.69, 9.17) is 23.2 Å². The summed E-state index contributed by atoms with van der Waals surface area (Å²) < 4.78 is 0. The van der Waals surface area contributed by atoms with E-state index in [0.717, 1.165) is 4.90 Å². The van der Waals surface area contributed by atoms with E-state index in [-0.39, 0.29) is 28.1 Å². The Morgan fingerprint density at radius 3 is 2.30 bits per heavy atom. The second-order valence-electron chi connectivity index (χ2n) is 9.09. The van der Waals surface area contributed by atoms with Crippen molar-refractivity contribution >= 4 is 75.8 Å². The zero-order chi connectivity index (χ0) is 30.9. The number of hydrogen-bond donors (Lipinski definition) is 3. The van der Waals surface area contributed by atoms with E-state index in [1.54, 1.807) is 79.7 Å². The summed E-state index contributed by atoms with van der Waals surface area (Å²) in [6.07, 6.45) is 1.44. The second kappa shape index (κ2) is 14.5. The Morgan fingerprint density at radius 1 is 0.907 bits per heavy atom. The smallest absolute Gasteiger partial charge is 0.272 e. The quantitative estimate of drug-likeness (QED) is 0.0723. The van der Waals surface area contributed by atoms with E-state index in [2.05, 4.69) is 16.0 Å². The van der Waals surface area contributed by atoms with Crippen LogP contribution in [-0.2, 0) is 9.59 Å². The molecule has 0 radical (unpaired) electrons. The number of nitro benzene ring substituents is 1. The molecular formula is C31H24Cl2N4O5S. The number of hydrogen-bond acceptors (Lipinski definition) is 6. The minimum Gasteiger partial charge on any atom is -0.325 e. The van der Waals surface area contributed by atoms with Crippen LogP contribution in [0.5, 0.6) is 0 Å². The molecule has 0 heterocycles. The lowest BCUT2D eigenvalue weighted by molar-refractivity contribution is -0.384. The number of nitrogens with one attached hydrogen (secondary N) is 3. The molecule has 0 fully saturated rings. The van der Waals surface area contributed by atoms with Crippen LogP contribution in [0.2, 0.25) is 10.0 Å². The van der Waals surface area contributed by atoms with Crippen LogP contribution in [0.4, 0.5) is 17.1 Å². The van der Waals surface area contributed by atoms with Crippen molar-refractivity contribution in [3.8, 4) is 0 Å². The van der Waals surface area contributed by atoms with Crippen LogP contribution >= 0.6 is 35.0 Å². The molecule has 0 saturated heterocycles. The number of halogens is 2. The molecule has 3 amide bonds. The average molecular weight is 636 g/mol. The zero-order valence-corrected chi connectivity index (χ0v) is 24.9. The van der Waals surface area contributed by atoms with Gasteiger partial charge < -0.3 is 16.0 Å². The van der Waals surface area contributed by atoms with Crippen LogP contribution in [-0.4, -0.2) is 28.4 Å². The zero-order valence-electron chi connectivity index (χ0n) is 22.6. The van der Waals surface area contributed by atoms with Gasteiger partial charge in [0.2, 0.25) is 5.91 Å². The number of carbonyl (C=O) groups excluding carboxylic acids is 3. The summed E-state index contributed by atoms with van der Waals surface area (Å²) in [5.74, 6) is -1.24. The largest absolute Gasteiger partial charge is 0.325 e. The van der Waals surface area contributed by atoms with Crippen molar-refractivity contribution in [2.24, 2.45) is 0 Å². The maximum Gasteiger partial charge on any atom is 0.272 e. The lowest BCUT2D eigenvalue weighted by Gasteiger charge is -2.12. The molecule has 0 aliphatic rings. The van der Waals surface area contributed by atoms with Crippen molar-refractivity contribution in [2.45, 2.75) is 11.8 Å². The maximum atomic E-state index is 13.3. The van der Waals surface area contributed by atoms with Crippen molar-refractivity contribution < 1.29 is 19.3 Å². The third-order valence-electron chi connectivity index (χ3n) is 5.99. The van der Waals surface area contributed by atoms with Gasteiger partial charge in [-0.05, 0) is 72.7 Å². The molecule has 0 saturated carbocycles. The molecule has 0 aromatic heterocycles. The Kier molecular flexibility index (Phi) is 10.6. The summed E-state index contributed by atoms with van der Waals surface area (Å²) in [5, 5.41) is 19.6. The number of carbonyl (C=O) groups is 3. The van der Waals surface area contributed by atoms with E-state index in [1.807, 2.05) is 0 Å². The van der Waals surface area contributed by atoms with E-state index in [9.17, 15) is 24.5 Å². The van der Waals surface area contributed by atoms with E-state index in [1.165, 1.54) is 36.0 Å². The number of non-ortho nitro benzene ring substituents is 1. The van der Waals surface area contributed by atoms with Crippen LogP contribution in [0.1, 0.15) is 21.5 Å². The number of aryl methyl sites for hydroxylation is 1. The highest BCUT2D eigenvalue weighted by Gasteiger charge is 2.17. The van der Waals surface area contributed by atoms with Gasteiger partial charge in [0.15, 0.2) is 0 Å². The standard InChI is InChI=1S/C31H24Cl2N4O5S/c1-19-16-23(37(41)42)12-15-26(19)35-28(38)18-43-24-13-10-22(11-14-24)34-31(40)27(17-21-8-5-9-25(32)29(21)33)36-30(39)20-6-3-2-4-7-20/h2-17H,18H2,1H3,(H,34,40)(H,35,38)(H,36,39)/b27-17-. The molecule has 4 aromatic rings. The number of thioether (sulfide) groups is 1. The fraction of sp³-hybridized carbons (Fsp3) is 0.0645. The second-order valence-corrected chi connectivity index (χ2v) is 10.9. The topological polar surface area (TPSA) is 130 Å². The van der Waals surface area contributed by atoms with E-state index >= 15 is 0 Å². The first kappa shape index (κ1) is 31.3. The molecule has 43 heavy (non-hydrogen) atoms. The summed E-state index contributed by atoms with van der Waals surface area (Å²) in [4.78, 5) is 49.8. The fourth-order valence-electron chi connectivity index (χ4n) is 3.80. The Balaban J connectivity index is 1.41. The van der Waals surface area contributed by atoms with Gasteiger partial charge in [-0.15, -0.1) is 11.8 Å². The van der Waals surface area contributed by atoms with Gasteiger partial charge in [0.25, 0.3) is 17.5 Å². The van der Waals surface area contributed by atoms with Crippen molar-refractivity contribution in [3.05, 3.63) is 134 Å². The summed E-state index contributed by atoms with van der Waals surface area (Å²) in [6, 6.07) is 24.5. The molecule has 0 atom stereocenters. The van der Waals surface area contributed by atoms with Gasteiger partial charge >= 0.3 is 0 Å². The highest BCUT2D eigenvalue weighted by Crippen LogP contribution is 2.28. The van der Waals surface area contributed by atoms with Crippen LogP contribution in [0, 0.1) is 17.0 Å². The molecule has 0 bridgehead atoms. The van der Waals surface area contributed by atoms with Crippen molar-refractivity contribution in [1.29, 1.82) is 0 Å². The lowest BCUT2D eigenvalue weighted by atomic mass is 10.1. The molecule has 12 heteroatoms. The van der Waals surface area contributed by atoms with Crippen molar-refractivity contribution in [1.82, 2.24) is 5.32 Å². The van der Waals surface area contributed by atoms with Gasteiger partial charge in [0.05, 0.1) is 20.7 Å². The predicted molar refractivity (Wildman–Crippen MR) is 171 cm³/mol. The third kappa shape index (κ3) is 8.68. The maximum absolute atomic E-state index is 13.3. The molecule has 9 nitrogen and oxygen atoms in total. The number of rotatable bonds is 10. The number of nitro groups is 1. The number of nitrogens with zero attached hydrogens (tertiary/aromatic N) is 1. The van der Waals surface area contributed by atoms with Gasteiger partial charge in [0, 0.05) is 34.0 Å². The minimum atomic E-state index is -0.585. The molecule has 218 valence electrons. The first-order valence-corrected chi connectivity index (χ1v) is 14.5. The number of amides is 3. The average Bonchev–Trinajstić information content (AvgIpc) is 3.00. The van der Waals surface area contributed by atoms with Gasteiger partial charge in [-0.3, -0.25) is 24.5 Å². The highest BCUT2D eigenvalue weighted by molar-refractivity contribution is 8.00. The first-order valence-electron chi connectivity index (χ1n) is 12.7. The van der Waals surface area contributed by atoms with Crippen LogP contribution < -0.4 is 16.0 Å². The highest BCUT2D eigenvalue weighted by atomic mass is 35.5. The summed E-state index contributed by atoms with van der Waals surface area (Å²) in [7, 11) is 0. The Hall–Kier alpha value is -4.64. The van der Waals surface area contributed by atoms with Gasteiger partial charge in [0.1, 0.15) is 5.70 Å². The van der Waals surface area contributed by atoms with E-state index in [0.29, 0.717) is 33.1 Å². The Bertz CT molecular complexity index is 1710. The summed E-state index contributed by atoms with van der Waals surface area (Å²) in [6.45, 7) is 1.68. The molecule has 0 aliphatic carbocycles. The SMILES string of the molecule is Cc1cc([N+](=O)[O-])ccc1NC(=O)CSc1ccc(NC(=O)/C(=C/c2cccc(Cl)c2Cl)NC(=O)c2ccccc2)cc1. The molecule has 3 N–H and O–H groups in total. The van der Waals surface area contributed by atoms with Gasteiger partial charge in [-0.2, -0.15) is 0 Å². The van der Waals surface area contributed by atoms with E-state index < -0.39 is 16.7 Å². The first-order chi connectivity index (χ1) is 20.6. The predicted octanol–water partition coefficient (Wildman–Crippen LogP) is 7.35. The monoisotopic (exact) mass is 634 g/mol.